The second-order valence-electron chi connectivity index (χ2n) is 6.66. The molecule has 2 aliphatic rings. The van der Waals surface area contributed by atoms with Crippen molar-refractivity contribution in [2.24, 2.45) is 5.92 Å². The Hall–Kier alpha value is -1.66. The Morgan fingerprint density at radius 2 is 1.92 bits per heavy atom. The number of sulfone groups is 1. The molecule has 130 valence electrons. The van der Waals surface area contributed by atoms with Gasteiger partial charge in [-0.15, -0.1) is 0 Å². The third kappa shape index (κ3) is 4.05. The quantitative estimate of drug-likeness (QED) is 0.880. The van der Waals surface area contributed by atoms with Crippen LogP contribution in [0.1, 0.15) is 24.8 Å². The highest BCUT2D eigenvalue weighted by molar-refractivity contribution is 7.94. The van der Waals surface area contributed by atoms with Gasteiger partial charge in [-0.3, -0.25) is 4.79 Å². The minimum Gasteiger partial charge on any atom is -0.381 e. The van der Waals surface area contributed by atoms with E-state index >= 15 is 0 Å². The molecular formula is C18H23NO4S. The molecule has 1 fully saturated rings. The highest BCUT2D eigenvalue weighted by atomic mass is 32.2. The zero-order valence-electron chi connectivity index (χ0n) is 13.6. The first-order valence-corrected chi connectivity index (χ1v) is 10.0. The Labute approximate surface area is 143 Å². The lowest BCUT2D eigenvalue weighted by atomic mass is 9.74. The smallest absolute Gasteiger partial charge is 0.220 e. The predicted octanol–water partition coefficient (Wildman–Crippen LogP) is 1.80. The van der Waals surface area contributed by atoms with Crippen molar-refractivity contribution in [1.29, 1.82) is 0 Å². The number of amides is 1. The van der Waals surface area contributed by atoms with E-state index < -0.39 is 9.84 Å². The number of ether oxygens (including phenoxy) is 1. The molecule has 1 N–H and O–H groups in total. The van der Waals surface area contributed by atoms with Gasteiger partial charge in [0.15, 0.2) is 9.84 Å². The van der Waals surface area contributed by atoms with Gasteiger partial charge in [-0.25, -0.2) is 8.42 Å². The van der Waals surface area contributed by atoms with Crippen molar-refractivity contribution in [2.75, 3.05) is 25.5 Å². The third-order valence-corrected chi connectivity index (χ3v) is 6.38. The molecule has 0 radical (unpaired) electrons. The number of nitrogens with one attached hydrogen (secondary N) is 1. The van der Waals surface area contributed by atoms with Gasteiger partial charge in [0.1, 0.15) is 0 Å². The molecule has 6 heteroatoms. The number of allylic oxidation sites excluding steroid dienone is 1. The lowest BCUT2D eigenvalue weighted by Crippen LogP contribution is -2.44. The van der Waals surface area contributed by atoms with Crippen molar-refractivity contribution in [1.82, 2.24) is 5.32 Å². The second-order valence-corrected chi connectivity index (χ2v) is 8.59. The molecule has 2 heterocycles. The molecule has 0 aliphatic carbocycles. The van der Waals surface area contributed by atoms with Crippen LogP contribution in [-0.2, 0) is 24.8 Å². The van der Waals surface area contributed by atoms with E-state index in [1.54, 1.807) is 6.08 Å². The van der Waals surface area contributed by atoms with E-state index in [9.17, 15) is 13.2 Å². The molecule has 1 unspecified atom stereocenters. The molecule has 0 spiro atoms. The Morgan fingerprint density at radius 3 is 2.54 bits per heavy atom. The summed E-state index contributed by atoms with van der Waals surface area (Å²) in [6.45, 7) is 1.94. The molecular weight excluding hydrogens is 326 g/mol. The normalized spacial score (nSPS) is 24.6. The molecule has 0 aromatic heterocycles. The van der Waals surface area contributed by atoms with Gasteiger partial charge in [0.2, 0.25) is 5.91 Å². The average Bonchev–Trinajstić information content (AvgIpc) is 2.93. The molecule has 1 aromatic rings. The fourth-order valence-corrected chi connectivity index (χ4v) is 4.87. The van der Waals surface area contributed by atoms with E-state index in [0.717, 1.165) is 12.8 Å². The van der Waals surface area contributed by atoms with Gasteiger partial charge in [-0.05, 0) is 18.4 Å². The molecule has 0 bridgehead atoms. The van der Waals surface area contributed by atoms with Gasteiger partial charge in [0.25, 0.3) is 0 Å². The topological polar surface area (TPSA) is 72.5 Å². The Balaban J connectivity index is 1.62. The summed E-state index contributed by atoms with van der Waals surface area (Å²) in [6.07, 6.45) is 3.58. The minimum atomic E-state index is -3.11. The maximum absolute atomic E-state index is 12.3. The van der Waals surface area contributed by atoms with Crippen molar-refractivity contribution in [3.05, 3.63) is 47.4 Å². The van der Waals surface area contributed by atoms with Gasteiger partial charge in [-0.1, -0.05) is 36.4 Å². The molecule has 1 amide bonds. The molecule has 1 atom stereocenters. The van der Waals surface area contributed by atoms with Gasteiger partial charge in [0.05, 0.1) is 5.75 Å². The van der Waals surface area contributed by atoms with E-state index in [0.29, 0.717) is 19.8 Å². The summed E-state index contributed by atoms with van der Waals surface area (Å²) in [5.74, 6) is -0.265. The largest absolute Gasteiger partial charge is 0.381 e. The number of rotatable bonds is 5. The van der Waals surface area contributed by atoms with E-state index in [1.807, 2.05) is 18.2 Å². The maximum atomic E-state index is 12.3. The SMILES string of the molecule is O=C(CC1C=CS(=O)(=O)C1)NCC1(c2ccccc2)CCOCC1. The first-order chi connectivity index (χ1) is 11.5. The van der Waals surface area contributed by atoms with Crippen LogP contribution in [0.3, 0.4) is 0 Å². The van der Waals surface area contributed by atoms with Gasteiger partial charge in [-0.2, -0.15) is 0 Å². The molecule has 1 saturated heterocycles. The number of hydrogen-bond acceptors (Lipinski definition) is 4. The van der Waals surface area contributed by atoms with Crippen LogP contribution in [-0.4, -0.2) is 39.8 Å². The molecule has 1 aromatic carbocycles. The maximum Gasteiger partial charge on any atom is 0.220 e. The van der Waals surface area contributed by atoms with Crippen molar-refractivity contribution in [2.45, 2.75) is 24.7 Å². The summed E-state index contributed by atoms with van der Waals surface area (Å²) in [5.41, 5.74) is 1.11. The zero-order valence-corrected chi connectivity index (χ0v) is 14.4. The van der Waals surface area contributed by atoms with Gasteiger partial charge >= 0.3 is 0 Å². The van der Waals surface area contributed by atoms with E-state index in [1.165, 1.54) is 11.0 Å². The van der Waals surface area contributed by atoms with Crippen molar-refractivity contribution < 1.29 is 17.9 Å². The lowest BCUT2D eigenvalue weighted by Gasteiger charge is -2.38. The number of carbonyl (C=O) groups excluding carboxylic acids is 1. The van der Waals surface area contributed by atoms with Crippen LogP contribution in [0.5, 0.6) is 0 Å². The standard InChI is InChI=1S/C18H23NO4S/c20-17(12-15-6-11-24(21,22)13-15)19-14-18(7-9-23-10-8-18)16-4-2-1-3-5-16/h1-6,11,15H,7-10,12-14H2,(H,19,20). The monoisotopic (exact) mass is 349 g/mol. The van der Waals surface area contributed by atoms with E-state index in [2.05, 4.69) is 17.4 Å². The number of hydrogen-bond donors (Lipinski definition) is 1. The van der Waals surface area contributed by atoms with Crippen LogP contribution in [0, 0.1) is 5.92 Å². The summed E-state index contributed by atoms with van der Waals surface area (Å²) in [7, 11) is -3.11. The minimum absolute atomic E-state index is 0.0398. The first kappa shape index (κ1) is 17.2. The van der Waals surface area contributed by atoms with Crippen LogP contribution < -0.4 is 5.32 Å². The second kappa shape index (κ2) is 7.07. The molecule has 24 heavy (non-hydrogen) atoms. The molecule has 2 aliphatic heterocycles. The predicted molar refractivity (Wildman–Crippen MR) is 92.2 cm³/mol. The van der Waals surface area contributed by atoms with Crippen LogP contribution in [0.4, 0.5) is 0 Å². The number of benzene rings is 1. The van der Waals surface area contributed by atoms with Gasteiger partial charge in [0, 0.05) is 42.9 Å². The molecule has 5 nitrogen and oxygen atoms in total. The van der Waals surface area contributed by atoms with Gasteiger partial charge < -0.3 is 10.1 Å². The van der Waals surface area contributed by atoms with Crippen LogP contribution in [0.15, 0.2) is 41.8 Å². The van der Waals surface area contributed by atoms with Crippen LogP contribution in [0.2, 0.25) is 0 Å². The van der Waals surface area contributed by atoms with E-state index in [-0.39, 0.29) is 29.4 Å². The molecule has 0 saturated carbocycles. The summed E-state index contributed by atoms with van der Waals surface area (Å²) < 4.78 is 28.4. The summed E-state index contributed by atoms with van der Waals surface area (Å²) in [5, 5.41) is 4.24. The third-order valence-electron chi connectivity index (χ3n) is 4.91. The molecule has 3 rings (SSSR count). The lowest BCUT2D eigenvalue weighted by molar-refractivity contribution is -0.122. The number of carbonyl (C=O) groups is 1. The summed E-state index contributed by atoms with van der Waals surface area (Å²) in [6, 6.07) is 10.2. The average molecular weight is 349 g/mol. The van der Waals surface area contributed by atoms with Crippen LogP contribution >= 0.6 is 0 Å². The fourth-order valence-electron chi connectivity index (χ4n) is 3.47. The first-order valence-electron chi connectivity index (χ1n) is 8.30. The highest BCUT2D eigenvalue weighted by Crippen LogP contribution is 2.34. The van der Waals surface area contributed by atoms with Crippen molar-refractivity contribution >= 4 is 15.7 Å². The Morgan fingerprint density at radius 1 is 1.21 bits per heavy atom. The van der Waals surface area contributed by atoms with Crippen LogP contribution in [0.25, 0.3) is 0 Å². The zero-order chi connectivity index (χ0) is 17.0. The summed E-state index contributed by atoms with van der Waals surface area (Å²) in [4.78, 5) is 12.3. The van der Waals surface area contributed by atoms with E-state index in [4.69, 9.17) is 4.74 Å². The van der Waals surface area contributed by atoms with Crippen molar-refractivity contribution in [3.8, 4) is 0 Å². The van der Waals surface area contributed by atoms with Crippen molar-refractivity contribution in [3.63, 3.8) is 0 Å². The highest BCUT2D eigenvalue weighted by Gasteiger charge is 2.35. The summed E-state index contributed by atoms with van der Waals surface area (Å²) >= 11 is 0. The fraction of sp³-hybridized carbons (Fsp3) is 0.500. The Bertz CT molecular complexity index is 706. The Kier molecular flexibility index (Phi) is 5.06.